The van der Waals surface area contributed by atoms with Crippen LogP contribution in [0.15, 0.2) is 22.0 Å². The van der Waals surface area contributed by atoms with Crippen LogP contribution in [0.3, 0.4) is 0 Å². The van der Waals surface area contributed by atoms with E-state index >= 15 is 0 Å². The topological polar surface area (TPSA) is 87.4 Å². The number of hydrogen-bond acceptors (Lipinski definition) is 3. The summed E-state index contributed by atoms with van der Waals surface area (Å²) >= 11 is 0. The van der Waals surface area contributed by atoms with Crippen LogP contribution in [0.2, 0.25) is 0 Å². The predicted molar refractivity (Wildman–Crippen MR) is 33.6 cm³/mol. The Morgan fingerprint density at radius 1 is 1.82 bits per heavy atom. The van der Waals surface area contributed by atoms with Gasteiger partial charge in [0, 0.05) is 0 Å². The molecule has 0 fully saturated rings. The first-order chi connectivity index (χ1) is 5.29. The highest BCUT2D eigenvalue weighted by Crippen LogP contribution is 2.07. The second-order valence-electron chi connectivity index (χ2n) is 1.67. The summed E-state index contributed by atoms with van der Waals surface area (Å²) in [5.41, 5.74) is 8.32. The Balaban J connectivity index is 2.93. The lowest BCUT2D eigenvalue weighted by molar-refractivity contribution is -0.135. The zero-order chi connectivity index (χ0) is 8.27. The van der Waals surface area contributed by atoms with Gasteiger partial charge in [0.05, 0.1) is 18.4 Å². The molecule has 0 saturated carbocycles. The van der Waals surface area contributed by atoms with Crippen LogP contribution in [0.5, 0.6) is 0 Å². The van der Waals surface area contributed by atoms with Gasteiger partial charge in [-0.2, -0.15) is 0 Å². The first-order valence-corrected chi connectivity index (χ1v) is 2.71. The third-order valence-electron chi connectivity index (χ3n) is 1.08. The number of nitrogens with zero attached hydrogens (tertiary/aromatic N) is 4. The summed E-state index contributed by atoms with van der Waals surface area (Å²) in [5.74, 6) is -0.750. The Labute approximate surface area is 61.8 Å². The van der Waals surface area contributed by atoms with E-state index in [1.165, 1.54) is 13.3 Å². The van der Waals surface area contributed by atoms with Gasteiger partial charge in [-0.25, -0.2) is 4.79 Å². The average Bonchev–Trinajstić information content (AvgIpc) is 2.50. The van der Waals surface area contributed by atoms with Gasteiger partial charge in [0.1, 0.15) is 0 Å². The fourth-order valence-corrected chi connectivity index (χ4v) is 0.581. The summed E-state index contributed by atoms with van der Waals surface area (Å²) < 4.78 is 4.35. The fourth-order valence-electron chi connectivity index (χ4n) is 0.581. The van der Waals surface area contributed by atoms with Crippen molar-refractivity contribution in [3.8, 4) is 0 Å². The molecule has 1 heterocycles. The van der Waals surface area contributed by atoms with Crippen molar-refractivity contribution < 1.29 is 14.3 Å². The van der Waals surface area contributed by atoms with Crippen LogP contribution in [0, 0.1) is 0 Å². The number of rotatable bonds is 1. The van der Waals surface area contributed by atoms with E-state index in [1.807, 2.05) is 0 Å². The van der Waals surface area contributed by atoms with E-state index in [4.69, 9.17) is 5.53 Å². The molecular weight excluding hydrogens is 148 g/mol. The standard InChI is InChI=1S/C5H4N4O2/c1-11-5(10)3-2-7-9-4(3)8-6/h2H,1H3. The molecule has 1 rings (SSSR count). The Bertz CT molecular complexity index is 298. The van der Waals surface area contributed by atoms with Crippen molar-refractivity contribution >= 4 is 11.8 Å². The summed E-state index contributed by atoms with van der Waals surface area (Å²) in [6.45, 7) is 0. The van der Waals surface area contributed by atoms with Crippen molar-refractivity contribution in [2.45, 2.75) is 0 Å². The zero-order valence-corrected chi connectivity index (χ0v) is 5.68. The summed E-state index contributed by atoms with van der Waals surface area (Å²) in [4.78, 5) is 13.5. The van der Waals surface area contributed by atoms with Gasteiger partial charge in [-0.15, -0.1) is 0 Å². The molecule has 0 saturated heterocycles. The molecule has 0 aromatic heterocycles. The minimum Gasteiger partial charge on any atom is -0.497 e. The van der Waals surface area contributed by atoms with Gasteiger partial charge in [-0.1, -0.05) is 0 Å². The van der Waals surface area contributed by atoms with E-state index < -0.39 is 5.97 Å². The Morgan fingerprint density at radius 3 is 3.09 bits per heavy atom. The largest absolute Gasteiger partial charge is 0.497 e. The molecule has 11 heavy (non-hydrogen) atoms. The molecular formula is C5H4N4O2. The zero-order valence-electron chi connectivity index (χ0n) is 5.68. The minimum atomic E-state index is -0.622. The monoisotopic (exact) mass is 152 g/mol. The molecule has 6 nitrogen and oxygen atoms in total. The molecule has 0 unspecified atom stereocenters. The van der Waals surface area contributed by atoms with Gasteiger partial charge in [-0.05, 0) is 5.11 Å². The van der Waals surface area contributed by atoms with E-state index in [-0.39, 0.29) is 11.4 Å². The van der Waals surface area contributed by atoms with Crippen molar-refractivity contribution in [3.05, 3.63) is 17.3 Å². The maximum Gasteiger partial charge on any atom is 0.442 e. The van der Waals surface area contributed by atoms with Crippen molar-refractivity contribution in [1.29, 1.82) is 0 Å². The molecule has 1 aliphatic heterocycles. The highest BCUT2D eigenvalue weighted by atomic mass is 16.5. The molecule has 6 heteroatoms. The number of hydrogen-bond donors (Lipinski definition) is 0. The highest BCUT2D eigenvalue weighted by molar-refractivity contribution is 6.17. The molecule has 0 N–H and O–H groups in total. The van der Waals surface area contributed by atoms with Crippen LogP contribution in [-0.4, -0.2) is 23.7 Å². The van der Waals surface area contributed by atoms with Crippen molar-refractivity contribution in [2.24, 2.45) is 10.2 Å². The maximum absolute atomic E-state index is 10.8. The number of amidine groups is 1. The number of carbonyl (C=O) groups excluding carboxylic acids is 1. The first-order valence-electron chi connectivity index (χ1n) is 2.71. The second-order valence-corrected chi connectivity index (χ2v) is 1.67. The smallest absolute Gasteiger partial charge is 0.442 e. The van der Waals surface area contributed by atoms with Crippen LogP contribution in [0.4, 0.5) is 0 Å². The molecule has 0 aromatic rings. The average molecular weight is 152 g/mol. The van der Waals surface area contributed by atoms with Crippen LogP contribution in [0.25, 0.3) is 5.53 Å². The van der Waals surface area contributed by atoms with Crippen molar-refractivity contribution in [1.82, 2.24) is 0 Å². The van der Waals surface area contributed by atoms with Crippen LogP contribution in [0.1, 0.15) is 0 Å². The molecule has 56 valence electrons. The van der Waals surface area contributed by atoms with Crippen LogP contribution in [-0.2, 0) is 9.53 Å². The number of ether oxygens (including phenoxy) is 1. The number of carbonyl (C=O) groups is 1. The summed E-state index contributed by atoms with van der Waals surface area (Å²) in [7, 11) is 1.22. The van der Waals surface area contributed by atoms with Gasteiger partial charge >= 0.3 is 11.8 Å². The van der Waals surface area contributed by atoms with Gasteiger partial charge < -0.3 is 15.1 Å². The molecule has 0 atom stereocenters. The first kappa shape index (κ1) is 7.30. The summed E-state index contributed by atoms with van der Waals surface area (Å²) in [6.07, 6.45) is 1.17. The van der Waals surface area contributed by atoms with Gasteiger partial charge in [0.25, 0.3) is 0 Å². The van der Waals surface area contributed by atoms with Crippen LogP contribution < -0.4 is 0 Å². The number of methoxy groups -OCH3 is 1. The SMILES string of the molecule is COC(=O)C1=CN=NC1=[N+]=[N-]. The van der Waals surface area contributed by atoms with Gasteiger partial charge in [0.2, 0.25) is 0 Å². The third-order valence-corrected chi connectivity index (χ3v) is 1.08. The normalized spacial score (nSPS) is 14.3. The van der Waals surface area contributed by atoms with Crippen LogP contribution >= 0.6 is 0 Å². The fraction of sp³-hybridized carbons (Fsp3) is 0.200. The quantitative estimate of drug-likeness (QED) is 0.304. The molecule has 1 aliphatic rings. The Morgan fingerprint density at radius 2 is 2.55 bits per heavy atom. The lowest BCUT2D eigenvalue weighted by atomic mass is 10.3. The van der Waals surface area contributed by atoms with Crippen molar-refractivity contribution in [3.63, 3.8) is 0 Å². The Hall–Kier alpha value is -1.81. The second kappa shape index (κ2) is 2.85. The Kier molecular flexibility index (Phi) is 1.89. The molecule has 0 spiro atoms. The molecule has 0 amide bonds. The van der Waals surface area contributed by atoms with Gasteiger partial charge in [0.15, 0.2) is 5.57 Å². The maximum atomic E-state index is 10.8. The lowest BCUT2D eigenvalue weighted by Gasteiger charge is -1.90. The molecule has 0 aliphatic carbocycles. The molecule has 0 bridgehead atoms. The van der Waals surface area contributed by atoms with E-state index in [9.17, 15) is 4.79 Å². The van der Waals surface area contributed by atoms with E-state index in [2.05, 4.69) is 19.8 Å². The third kappa shape index (κ3) is 1.20. The van der Waals surface area contributed by atoms with Crippen molar-refractivity contribution in [2.75, 3.05) is 7.11 Å². The molecule has 0 aromatic carbocycles. The summed E-state index contributed by atoms with van der Waals surface area (Å²) in [5, 5.41) is 6.69. The number of esters is 1. The van der Waals surface area contributed by atoms with E-state index in [0.29, 0.717) is 0 Å². The number of azo groups is 1. The van der Waals surface area contributed by atoms with E-state index in [0.717, 1.165) is 0 Å². The minimum absolute atomic E-state index is 0.0509. The summed E-state index contributed by atoms with van der Waals surface area (Å²) in [6, 6.07) is 0. The highest BCUT2D eigenvalue weighted by Gasteiger charge is 2.29. The molecule has 0 radical (unpaired) electrons. The lowest BCUT2D eigenvalue weighted by Crippen LogP contribution is -2.10. The van der Waals surface area contributed by atoms with Gasteiger partial charge in [-0.3, -0.25) is 0 Å². The predicted octanol–water partition coefficient (Wildman–Crippen LogP) is 0.137. The van der Waals surface area contributed by atoms with E-state index in [1.54, 1.807) is 0 Å².